The summed E-state index contributed by atoms with van der Waals surface area (Å²) in [6, 6.07) is 0. The number of methoxy groups -OCH3 is 1. The first kappa shape index (κ1) is 10.5. The lowest BCUT2D eigenvalue weighted by Gasteiger charge is -2.31. The van der Waals surface area contributed by atoms with Gasteiger partial charge in [0.05, 0.1) is 0 Å². The second-order valence-electron chi connectivity index (χ2n) is 3.44. The van der Waals surface area contributed by atoms with E-state index in [4.69, 9.17) is 9.84 Å². The summed E-state index contributed by atoms with van der Waals surface area (Å²) in [5.74, 6) is 0.420. The van der Waals surface area contributed by atoms with Gasteiger partial charge in [-0.1, -0.05) is 0 Å². The fourth-order valence-electron chi connectivity index (χ4n) is 1.68. The first-order valence-electron chi connectivity index (χ1n) is 4.65. The van der Waals surface area contributed by atoms with Gasteiger partial charge in [0.25, 0.3) is 0 Å². The van der Waals surface area contributed by atoms with E-state index in [0.29, 0.717) is 5.92 Å². The summed E-state index contributed by atoms with van der Waals surface area (Å²) in [5.41, 5.74) is 0. The van der Waals surface area contributed by atoms with Crippen molar-refractivity contribution in [2.75, 3.05) is 33.4 Å². The molecule has 0 saturated carbocycles. The Kier molecular flexibility index (Phi) is 4.18. The minimum absolute atomic E-state index is 0.157. The number of ether oxygens (including phenoxy) is 1. The highest BCUT2D eigenvalue weighted by Gasteiger charge is 2.21. The van der Waals surface area contributed by atoms with Gasteiger partial charge in [-0.3, -0.25) is 4.79 Å². The van der Waals surface area contributed by atoms with Crippen molar-refractivity contribution in [3.8, 4) is 0 Å². The number of carbonyl (C=O) groups is 1. The van der Waals surface area contributed by atoms with E-state index in [1.807, 2.05) is 0 Å². The number of piperidine rings is 1. The second kappa shape index (κ2) is 5.19. The van der Waals surface area contributed by atoms with E-state index in [2.05, 4.69) is 0 Å². The molecule has 1 rings (SSSR count). The molecule has 0 bridgehead atoms. The van der Waals surface area contributed by atoms with Crippen molar-refractivity contribution in [3.63, 3.8) is 0 Å². The molecule has 1 saturated heterocycles. The van der Waals surface area contributed by atoms with E-state index in [0.717, 1.165) is 32.5 Å². The SMILES string of the molecule is COCC1CCN(C(=O)CO)CC1. The zero-order valence-corrected chi connectivity index (χ0v) is 8.03. The third-order valence-electron chi connectivity index (χ3n) is 2.50. The molecule has 76 valence electrons. The summed E-state index contributed by atoms with van der Waals surface area (Å²) in [5, 5.41) is 8.64. The van der Waals surface area contributed by atoms with Crippen LogP contribution < -0.4 is 0 Å². The van der Waals surface area contributed by atoms with Crippen molar-refractivity contribution >= 4 is 5.91 Å². The maximum absolute atomic E-state index is 11.1. The molecule has 0 radical (unpaired) electrons. The fourth-order valence-corrected chi connectivity index (χ4v) is 1.68. The van der Waals surface area contributed by atoms with Gasteiger partial charge in [0.2, 0.25) is 5.91 Å². The number of hydrogen-bond acceptors (Lipinski definition) is 3. The summed E-state index contributed by atoms with van der Waals surface area (Å²) in [6.45, 7) is 1.93. The molecule has 0 spiro atoms. The molecule has 1 fully saturated rings. The fraction of sp³-hybridized carbons (Fsp3) is 0.889. The molecule has 0 unspecified atom stereocenters. The van der Waals surface area contributed by atoms with Crippen molar-refractivity contribution in [2.45, 2.75) is 12.8 Å². The molecule has 4 nitrogen and oxygen atoms in total. The number of aliphatic hydroxyl groups excluding tert-OH is 1. The number of amides is 1. The van der Waals surface area contributed by atoms with Crippen LogP contribution in [-0.2, 0) is 9.53 Å². The van der Waals surface area contributed by atoms with Crippen molar-refractivity contribution in [1.82, 2.24) is 4.90 Å². The van der Waals surface area contributed by atoms with Crippen molar-refractivity contribution in [1.29, 1.82) is 0 Å². The lowest BCUT2D eigenvalue weighted by molar-refractivity contribution is -0.135. The third-order valence-corrected chi connectivity index (χ3v) is 2.50. The predicted molar refractivity (Wildman–Crippen MR) is 48.3 cm³/mol. The molecule has 0 atom stereocenters. The van der Waals surface area contributed by atoms with Gasteiger partial charge in [0.1, 0.15) is 6.61 Å². The van der Waals surface area contributed by atoms with E-state index < -0.39 is 0 Å². The Morgan fingerprint density at radius 3 is 2.62 bits per heavy atom. The van der Waals surface area contributed by atoms with Crippen LogP contribution in [0.3, 0.4) is 0 Å². The van der Waals surface area contributed by atoms with E-state index >= 15 is 0 Å². The number of likely N-dealkylation sites (tertiary alicyclic amines) is 1. The molecule has 0 aromatic heterocycles. The molecule has 0 aromatic carbocycles. The van der Waals surface area contributed by atoms with Gasteiger partial charge in [0.15, 0.2) is 0 Å². The summed E-state index contributed by atoms with van der Waals surface area (Å²) in [6.07, 6.45) is 1.97. The van der Waals surface area contributed by atoms with Crippen molar-refractivity contribution in [2.24, 2.45) is 5.92 Å². The number of aliphatic hydroxyl groups is 1. The van der Waals surface area contributed by atoms with Crippen LogP contribution >= 0.6 is 0 Å². The monoisotopic (exact) mass is 187 g/mol. The van der Waals surface area contributed by atoms with Crippen LogP contribution in [0.1, 0.15) is 12.8 Å². The lowest BCUT2D eigenvalue weighted by atomic mass is 9.98. The number of carbonyl (C=O) groups excluding carboxylic acids is 1. The Hall–Kier alpha value is -0.610. The van der Waals surface area contributed by atoms with Gasteiger partial charge < -0.3 is 14.7 Å². The smallest absolute Gasteiger partial charge is 0.248 e. The first-order valence-corrected chi connectivity index (χ1v) is 4.65. The van der Waals surface area contributed by atoms with Crippen molar-refractivity contribution < 1.29 is 14.6 Å². The molecule has 0 aromatic rings. The van der Waals surface area contributed by atoms with Crippen molar-refractivity contribution in [3.05, 3.63) is 0 Å². The van der Waals surface area contributed by atoms with Crippen LogP contribution in [-0.4, -0.2) is 49.3 Å². The number of nitrogens with zero attached hydrogens (tertiary/aromatic N) is 1. The Labute approximate surface area is 78.5 Å². The average molecular weight is 187 g/mol. The van der Waals surface area contributed by atoms with Crippen LogP contribution in [0.25, 0.3) is 0 Å². The molecule has 0 aliphatic carbocycles. The zero-order chi connectivity index (χ0) is 9.68. The van der Waals surface area contributed by atoms with Crippen LogP contribution in [0.2, 0.25) is 0 Å². The van der Waals surface area contributed by atoms with Gasteiger partial charge in [0, 0.05) is 26.8 Å². The number of rotatable bonds is 3. The van der Waals surface area contributed by atoms with Gasteiger partial charge in [-0.25, -0.2) is 0 Å². The normalized spacial score (nSPS) is 19.1. The molecule has 1 heterocycles. The van der Waals surface area contributed by atoms with Crippen LogP contribution in [0.4, 0.5) is 0 Å². The summed E-state index contributed by atoms with van der Waals surface area (Å²) in [4.78, 5) is 12.8. The molecular weight excluding hydrogens is 170 g/mol. The standard InChI is InChI=1S/C9H17NO3/c1-13-7-8-2-4-10(5-3-8)9(12)6-11/h8,11H,2-7H2,1H3. The highest BCUT2D eigenvalue weighted by Crippen LogP contribution is 2.16. The minimum Gasteiger partial charge on any atom is -0.387 e. The van der Waals surface area contributed by atoms with E-state index in [1.54, 1.807) is 12.0 Å². The second-order valence-corrected chi connectivity index (χ2v) is 3.44. The summed E-state index contributed by atoms with van der Waals surface area (Å²) in [7, 11) is 1.70. The van der Waals surface area contributed by atoms with Gasteiger partial charge in [-0.05, 0) is 18.8 Å². The Balaban J connectivity index is 2.26. The molecular formula is C9H17NO3. The summed E-state index contributed by atoms with van der Waals surface area (Å²) < 4.78 is 5.05. The largest absolute Gasteiger partial charge is 0.387 e. The average Bonchev–Trinajstić information content (AvgIpc) is 2.18. The van der Waals surface area contributed by atoms with Crippen LogP contribution in [0, 0.1) is 5.92 Å². The number of hydrogen-bond donors (Lipinski definition) is 1. The van der Waals surface area contributed by atoms with Gasteiger partial charge >= 0.3 is 0 Å². The third kappa shape index (κ3) is 2.97. The van der Waals surface area contributed by atoms with E-state index in [9.17, 15) is 4.79 Å². The quantitative estimate of drug-likeness (QED) is 0.669. The zero-order valence-electron chi connectivity index (χ0n) is 8.03. The topological polar surface area (TPSA) is 49.8 Å². The maximum atomic E-state index is 11.1. The molecule has 1 aliphatic rings. The molecule has 1 aliphatic heterocycles. The maximum Gasteiger partial charge on any atom is 0.248 e. The Morgan fingerprint density at radius 1 is 1.54 bits per heavy atom. The predicted octanol–water partition coefficient (Wildman–Crippen LogP) is -0.136. The molecule has 13 heavy (non-hydrogen) atoms. The van der Waals surface area contributed by atoms with Crippen LogP contribution in [0.5, 0.6) is 0 Å². The molecule has 4 heteroatoms. The lowest BCUT2D eigenvalue weighted by Crippen LogP contribution is -2.40. The highest BCUT2D eigenvalue weighted by atomic mass is 16.5. The summed E-state index contributed by atoms with van der Waals surface area (Å²) >= 11 is 0. The Bertz CT molecular complexity index is 164. The van der Waals surface area contributed by atoms with Crippen LogP contribution in [0.15, 0.2) is 0 Å². The van der Waals surface area contributed by atoms with Gasteiger partial charge in [-0.2, -0.15) is 0 Å². The molecule has 1 amide bonds. The first-order chi connectivity index (χ1) is 6.27. The molecule has 1 N–H and O–H groups in total. The van der Waals surface area contributed by atoms with E-state index in [1.165, 1.54) is 0 Å². The minimum atomic E-state index is -0.366. The highest BCUT2D eigenvalue weighted by molar-refractivity contribution is 5.77. The van der Waals surface area contributed by atoms with E-state index in [-0.39, 0.29) is 12.5 Å². The Morgan fingerprint density at radius 2 is 2.15 bits per heavy atom. The van der Waals surface area contributed by atoms with Gasteiger partial charge in [-0.15, -0.1) is 0 Å².